The molecule has 0 aliphatic carbocycles. The molecule has 0 spiro atoms. The van der Waals surface area contributed by atoms with E-state index in [0.29, 0.717) is 25.1 Å². The second-order valence-corrected chi connectivity index (χ2v) is 8.03. The molecule has 2 rings (SSSR count). The number of ether oxygens (including phenoxy) is 1. The van der Waals surface area contributed by atoms with E-state index < -0.39 is 30.6 Å². The zero-order valence-corrected chi connectivity index (χ0v) is 14.9. The predicted octanol–water partition coefficient (Wildman–Crippen LogP) is 0.465. The SMILES string of the molecule is CC(C)CNC(=O)NC(=O)COC(=O)[C@@H]1CS[C@]2(C)CCC(=O)N12. The molecule has 24 heavy (non-hydrogen) atoms. The highest BCUT2D eigenvalue weighted by atomic mass is 32.2. The number of hydrogen-bond acceptors (Lipinski definition) is 6. The van der Waals surface area contributed by atoms with Crippen LogP contribution in [0.3, 0.4) is 0 Å². The molecule has 0 radical (unpaired) electrons. The minimum Gasteiger partial charge on any atom is -0.454 e. The number of fused-ring (bicyclic) bond motifs is 1. The minimum atomic E-state index is -0.703. The predicted molar refractivity (Wildman–Crippen MR) is 88.1 cm³/mol. The standard InChI is InChI=1S/C15H23N3O5S/c1-9(2)6-16-14(22)17-11(19)7-23-13(21)10-8-24-15(3)5-4-12(20)18(10)15/h9-10H,4-8H2,1-3H3,(H2,16,17,19,22)/t10-,15+/m0/s1. The van der Waals surface area contributed by atoms with Crippen LogP contribution in [0.15, 0.2) is 0 Å². The number of carbonyl (C=O) groups excluding carboxylic acids is 4. The van der Waals surface area contributed by atoms with Crippen LogP contribution in [-0.2, 0) is 19.1 Å². The van der Waals surface area contributed by atoms with Gasteiger partial charge in [0, 0.05) is 18.7 Å². The first-order valence-electron chi connectivity index (χ1n) is 7.93. The Balaban J connectivity index is 1.78. The maximum absolute atomic E-state index is 12.2. The lowest BCUT2D eigenvalue weighted by molar-refractivity contribution is -0.156. The smallest absolute Gasteiger partial charge is 0.330 e. The number of thioether (sulfide) groups is 1. The van der Waals surface area contributed by atoms with E-state index in [1.807, 2.05) is 20.8 Å². The monoisotopic (exact) mass is 357 g/mol. The average molecular weight is 357 g/mol. The molecule has 0 unspecified atom stereocenters. The fourth-order valence-electron chi connectivity index (χ4n) is 2.73. The van der Waals surface area contributed by atoms with Crippen molar-refractivity contribution in [3.8, 4) is 0 Å². The van der Waals surface area contributed by atoms with E-state index in [1.165, 1.54) is 0 Å². The summed E-state index contributed by atoms with van der Waals surface area (Å²) in [5.41, 5.74) is 0. The van der Waals surface area contributed by atoms with Crippen molar-refractivity contribution in [2.24, 2.45) is 5.92 Å². The van der Waals surface area contributed by atoms with E-state index in [0.717, 1.165) is 0 Å². The number of nitrogens with one attached hydrogen (secondary N) is 2. The number of hydrogen-bond donors (Lipinski definition) is 2. The van der Waals surface area contributed by atoms with Crippen molar-refractivity contribution in [3.63, 3.8) is 0 Å². The van der Waals surface area contributed by atoms with Gasteiger partial charge < -0.3 is 15.0 Å². The minimum absolute atomic E-state index is 0.0676. The van der Waals surface area contributed by atoms with Gasteiger partial charge in [0.05, 0.1) is 4.87 Å². The fraction of sp³-hybridized carbons (Fsp3) is 0.733. The number of urea groups is 1. The van der Waals surface area contributed by atoms with Crippen molar-refractivity contribution >= 4 is 35.6 Å². The van der Waals surface area contributed by atoms with Crippen LogP contribution >= 0.6 is 11.8 Å². The Kier molecular flexibility index (Phi) is 5.74. The summed E-state index contributed by atoms with van der Waals surface area (Å²) in [6.45, 7) is 5.68. The maximum atomic E-state index is 12.2. The zero-order chi connectivity index (χ0) is 17.9. The van der Waals surface area contributed by atoms with Crippen LogP contribution in [0.1, 0.15) is 33.6 Å². The summed E-state index contributed by atoms with van der Waals surface area (Å²) in [6.07, 6.45) is 1.13. The van der Waals surface area contributed by atoms with Gasteiger partial charge in [0.1, 0.15) is 6.04 Å². The number of esters is 1. The van der Waals surface area contributed by atoms with Crippen LogP contribution in [0.4, 0.5) is 4.79 Å². The first kappa shape index (κ1) is 18.6. The van der Waals surface area contributed by atoms with Crippen molar-refractivity contribution in [3.05, 3.63) is 0 Å². The van der Waals surface area contributed by atoms with Crippen LogP contribution in [-0.4, -0.2) is 58.5 Å². The van der Waals surface area contributed by atoms with Crippen LogP contribution in [0.2, 0.25) is 0 Å². The number of carbonyl (C=O) groups is 4. The molecule has 2 aliphatic heterocycles. The van der Waals surface area contributed by atoms with Crippen molar-refractivity contribution < 1.29 is 23.9 Å². The summed E-state index contributed by atoms with van der Waals surface area (Å²) in [5.74, 6) is -0.666. The molecule has 2 fully saturated rings. The molecule has 2 saturated heterocycles. The molecule has 0 aromatic heterocycles. The van der Waals surface area contributed by atoms with Crippen LogP contribution in [0, 0.1) is 5.92 Å². The van der Waals surface area contributed by atoms with Gasteiger partial charge in [0.25, 0.3) is 5.91 Å². The average Bonchev–Trinajstić information content (AvgIpc) is 2.99. The highest BCUT2D eigenvalue weighted by molar-refractivity contribution is 8.01. The second-order valence-electron chi connectivity index (χ2n) is 6.53. The van der Waals surface area contributed by atoms with Gasteiger partial charge in [-0.25, -0.2) is 9.59 Å². The van der Waals surface area contributed by atoms with Crippen LogP contribution in [0.25, 0.3) is 0 Å². The molecule has 4 amide bonds. The lowest BCUT2D eigenvalue weighted by Gasteiger charge is -2.29. The Hall–Kier alpha value is -1.77. The lowest BCUT2D eigenvalue weighted by atomic mass is 10.2. The normalized spacial score (nSPS) is 25.6. The van der Waals surface area contributed by atoms with Crippen molar-refractivity contribution in [1.29, 1.82) is 0 Å². The Bertz CT molecular complexity index is 553. The van der Waals surface area contributed by atoms with Gasteiger partial charge >= 0.3 is 12.0 Å². The van der Waals surface area contributed by atoms with Crippen LogP contribution < -0.4 is 10.6 Å². The van der Waals surface area contributed by atoms with E-state index in [4.69, 9.17) is 4.74 Å². The van der Waals surface area contributed by atoms with Gasteiger partial charge in [0.2, 0.25) is 5.91 Å². The van der Waals surface area contributed by atoms with Gasteiger partial charge in [-0.05, 0) is 19.3 Å². The van der Waals surface area contributed by atoms with E-state index in [2.05, 4.69) is 10.6 Å². The fourth-order valence-corrected chi connectivity index (χ4v) is 4.15. The highest BCUT2D eigenvalue weighted by Crippen LogP contribution is 2.47. The third-order valence-electron chi connectivity index (χ3n) is 3.99. The Morgan fingerprint density at radius 3 is 2.79 bits per heavy atom. The number of imide groups is 1. The van der Waals surface area contributed by atoms with E-state index in [9.17, 15) is 19.2 Å². The summed E-state index contributed by atoms with van der Waals surface area (Å²) in [5, 5.41) is 4.62. The zero-order valence-electron chi connectivity index (χ0n) is 14.1. The van der Waals surface area contributed by atoms with E-state index in [1.54, 1.807) is 16.7 Å². The van der Waals surface area contributed by atoms with Gasteiger partial charge in [-0.15, -0.1) is 11.8 Å². The van der Waals surface area contributed by atoms with Gasteiger partial charge in [-0.3, -0.25) is 14.9 Å². The van der Waals surface area contributed by atoms with Crippen molar-refractivity contribution in [2.45, 2.75) is 44.5 Å². The number of rotatable bonds is 5. The molecule has 0 saturated carbocycles. The van der Waals surface area contributed by atoms with E-state index >= 15 is 0 Å². The molecule has 2 atom stereocenters. The van der Waals surface area contributed by atoms with E-state index in [-0.39, 0.29) is 16.7 Å². The first-order chi connectivity index (χ1) is 11.2. The Morgan fingerprint density at radius 1 is 1.42 bits per heavy atom. The molecule has 9 heteroatoms. The molecule has 2 aliphatic rings. The molecule has 0 bridgehead atoms. The number of amides is 4. The summed E-state index contributed by atoms with van der Waals surface area (Å²) >= 11 is 1.55. The molecule has 8 nitrogen and oxygen atoms in total. The third-order valence-corrected chi connectivity index (χ3v) is 5.49. The molecule has 2 N–H and O–H groups in total. The molecule has 134 valence electrons. The van der Waals surface area contributed by atoms with Crippen molar-refractivity contribution in [1.82, 2.24) is 15.5 Å². The molecular weight excluding hydrogens is 334 g/mol. The Labute approximate surface area is 145 Å². The summed E-state index contributed by atoms with van der Waals surface area (Å²) in [6, 6.07) is -1.29. The van der Waals surface area contributed by atoms with Crippen molar-refractivity contribution in [2.75, 3.05) is 18.9 Å². The molecule has 2 heterocycles. The van der Waals surface area contributed by atoms with Gasteiger partial charge in [0.15, 0.2) is 6.61 Å². The third kappa shape index (κ3) is 4.19. The summed E-state index contributed by atoms with van der Waals surface area (Å²) in [7, 11) is 0. The maximum Gasteiger partial charge on any atom is 0.330 e. The molecule has 0 aromatic rings. The quantitative estimate of drug-likeness (QED) is 0.693. The largest absolute Gasteiger partial charge is 0.454 e. The first-order valence-corrected chi connectivity index (χ1v) is 8.92. The summed E-state index contributed by atoms with van der Waals surface area (Å²) < 4.78 is 4.98. The second kappa shape index (κ2) is 7.42. The Morgan fingerprint density at radius 2 is 2.12 bits per heavy atom. The highest BCUT2D eigenvalue weighted by Gasteiger charge is 2.53. The van der Waals surface area contributed by atoms with Crippen LogP contribution in [0.5, 0.6) is 0 Å². The molecular formula is C15H23N3O5S. The topological polar surface area (TPSA) is 105 Å². The summed E-state index contributed by atoms with van der Waals surface area (Å²) in [4.78, 5) is 48.4. The molecule has 0 aromatic carbocycles. The number of nitrogens with zero attached hydrogens (tertiary/aromatic N) is 1. The lowest BCUT2D eigenvalue weighted by Crippen LogP contribution is -2.47. The van der Waals surface area contributed by atoms with Gasteiger partial charge in [-0.2, -0.15) is 0 Å². The van der Waals surface area contributed by atoms with Gasteiger partial charge in [-0.1, -0.05) is 13.8 Å².